The van der Waals surface area contributed by atoms with Crippen molar-refractivity contribution in [3.63, 3.8) is 0 Å². The topological polar surface area (TPSA) is 52.4 Å². The van der Waals surface area contributed by atoms with Crippen LogP contribution < -0.4 is 4.90 Å². The van der Waals surface area contributed by atoms with Crippen LogP contribution in [0.4, 0.5) is 5.82 Å². The van der Waals surface area contributed by atoms with Crippen LogP contribution in [0.3, 0.4) is 0 Å². The summed E-state index contributed by atoms with van der Waals surface area (Å²) in [6, 6.07) is 6.89. The molecule has 2 saturated heterocycles. The number of nitriles is 1. The number of ether oxygens (including phenoxy) is 1. The van der Waals surface area contributed by atoms with Crippen LogP contribution >= 0.6 is 0 Å². The molecular formula is C13H16N4O. The molecule has 3 heterocycles. The molecule has 5 heteroatoms. The summed E-state index contributed by atoms with van der Waals surface area (Å²) in [6.07, 6.45) is 1.70. The van der Waals surface area contributed by atoms with E-state index in [-0.39, 0.29) is 0 Å². The SMILES string of the molecule is CN(C1COC1)C1CN(c2cc(C#N)ccn2)C1. The molecule has 0 unspecified atom stereocenters. The van der Waals surface area contributed by atoms with Crippen molar-refractivity contribution in [2.24, 2.45) is 0 Å². The highest BCUT2D eigenvalue weighted by molar-refractivity contribution is 5.47. The highest BCUT2D eigenvalue weighted by atomic mass is 16.5. The average Bonchev–Trinajstić information content (AvgIpc) is 2.25. The Hall–Kier alpha value is -1.64. The third-order valence-corrected chi connectivity index (χ3v) is 3.83. The number of anilines is 1. The van der Waals surface area contributed by atoms with E-state index in [0.29, 0.717) is 17.6 Å². The van der Waals surface area contributed by atoms with E-state index in [9.17, 15) is 0 Å². The second kappa shape index (κ2) is 4.56. The van der Waals surface area contributed by atoms with Crippen molar-refractivity contribution in [2.75, 3.05) is 38.3 Å². The van der Waals surface area contributed by atoms with Crippen LogP contribution in [0.15, 0.2) is 18.3 Å². The Labute approximate surface area is 107 Å². The molecule has 0 aromatic carbocycles. The third-order valence-electron chi connectivity index (χ3n) is 3.83. The molecule has 1 aromatic rings. The van der Waals surface area contributed by atoms with Gasteiger partial charge in [-0.3, -0.25) is 4.90 Å². The fourth-order valence-electron chi connectivity index (χ4n) is 2.32. The van der Waals surface area contributed by atoms with E-state index in [4.69, 9.17) is 10.00 Å². The van der Waals surface area contributed by atoms with Crippen molar-refractivity contribution < 1.29 is 4.74 Å². The molecule has 2 aliphatic heterocycles. The Morgan fingerprint density at radius 1 is 1.44 bits per heavy atom. The van der Waals surface area contributed by atoms with Crippen LogP contribution in [0.1, 0.15) is 5.56 Å². The van der Waals surface area contributed by atoms with Crippen LogP contribution in [-0.4, -0.2) is 55.3 Å². The molecule has 1 aromatic heterocycles. The van der Waals surface area contributed by atoms with Crippen molar-refractivity contribution in [2.45, 2.75) is 12.1 Å². The van der Waals surface area contributed by atoms with Gasteiger partial charge in [0.05, 0.1) is 30.9 Å². The second-order valence-electron chi connectivity index (χ2n) is 4.93. The standard InChI is InChI=1S/C13H16N4O/c1-16(12-8-18-9-12)11-6-17(7-11)13-4-10(5-14)2-3-15-13/h2-4,11-12H,6-9H2,1H3. The highest BCUT2D eigenvalue weighted by Crippen LogP contribution is 2.24. The van der Waals surface area contributed by atoms with Crippen molar-refractivity contribution in [1.29, 1.82) is 5.26 Å². The lowest BCUT2D eigenvalue weighted by molar-refractivity contribution is -0.0724. The van der Waals surface area contributed by atoms with Gasteiger partial charge in [-0.25, -0.2) is 4.98 Å². The number of pyridine rings is 1. The zero-order chi connectivity index (χ0) is 12.5. The molecule has 2 aliphatic rings. The minimum Gasteiger partial charge on any atom is -0.378 e. The first-order valence-electron chi connectivity index (χ1n) is 6.18. The van der Waals surface area contributed by atoms with Gasteiger partial charge in [0.25, 0.3) is 0 Å². The number of rotatable bonds is 3. The number of hydrogen-bond donors (Lipinski definition) is 0. The maximum absolute atomic E-state index is 8.87. The third kappa shape index (κ3) is 1.94. The van der Waals surface area contributed by atoms with Gasteiger partial charge in [0.2, 0.25) is 0 Å². The molecule has 0 amide bonds. The molecule has 0 N–H and O–H groups in total. The first-order valence-corrected chi connectivity index (χ1v) is 6.18. The average molecular weight is 244 g/mol. The number of hydrogen-bond acceptors (Lipinski definition) is 5. The van der Waals surface area contributed by atoms with E-state index in [1.165, 1.54) is 0 Å². The molecule has 2 fully saturated rings. The van der Waals surface area contributed by atoms with Gasteiger partial charge in [0.1, 0.15) is 5.82 Å². The summed E-state index contributed by atoms with van der Waals surface area (Å²) in [6.45, 7) is 3.67. The summed E-state index contributed by atoms with van der Waals surface area (Å²) < 4.78 is 5.21. The maximum Gasteiger partial charge on any atom is 0.129 e. The fourth-order valence-corrected chi connectivity index (χ4v) is 2.32. The van der Waals surface area contributed by atoms with Gasteiger partial charge in [0.15, 0.2) is 0 Å². The Kier molecular flexibility index (Phi) is 2.90. The fraction of sp³-hybridized carbons (Fsp3) is 0.538. The normalized spacial score (nSPS) is 20.4. The lowest BCUT2D eigenvalue weighted by atomic mass is 10.0. The van der Waals surface area contributed by atoms with E-state index in [1.54, 1.807) is 12.3 Å². The summed E-state index contributed by atoms with van der Waals surface area (Å²) >= 11 is 0. The quantitative estimate of drug-likeness (QED) is 0.773. The predicted molar refractivity (Wildman–Crippen MR) is 67.3 cm³/mol. The lowest BCUT2D eigenvalue weighted by Crippen LogP contribution is -2.64. The van der Waals surface area contributed by atoms with Gasteiger partial charge >= 0.3 is 0 Å². The van der Waals surface area contributed by atoms with E-state index in [2.05, 4.69) is 27.9 Å². The van der Waals surface area contributed by atoms with E-state index in [1.807, 2.05) is 6.07 Å². The van der Waals surface area contributed by atoms with Crippen molar-refractivity contribution in [3.05, 3.63) is 23.9 Å². The van der Waals surface area contributed by atoms with Gasteiger partial charge in [0, 0.05) is 25.3 Å². The molecule has 3 rings (SSSR count). The number of nitrogens with zero attached hydrogens (tertiary/aromatic N) is 4. The molecule has 0 bridgehead atoms. The summed E-state index contributed by atoms with van der Waals surface area (Å²) in [5, 5.41) is 8.87. The Bertz CT molecular complexity index is 474. The van der Waals surface area contributed by atoms with Crippen LogP contribution in [0, 0.1) is 11.3 Å². The monoisotopic (exact) mass is 244 g/mol. The molecule has 0 spiro atoms. The summed E-state index contributed by atoms with van der Waals surface area (Å²) in [5.74, 6) is 0.906. The molecule has 0 aliphatic carbocycles. The number of likely N-dealkylation sites (N-methyl/N-ethyl adjacent to an activating group) is 1. The molecule has 5 nitrogen and oxygen atoms in total. The summed E-state index contributed by atoms with van der Waals surface area (Å²) in [7, 11) is 2.16. The first kappa shape index (κ1) is 11.5. The molecule has 0 radical (unpaired) electrons. The lowest BCUT2D eigenvalue weighted by Gasteiger charge is -2.49. The minimum atomic E-state index is 0.575. The van der Waals surface area contributed by atoms with Gasteiger partial charge in [-0.2, -0.15) is 5.26 Å². The van der Waals surface area contributed by atoms with E-state index >= 15 is 0 Å². The van der Waals surface area contributed by atoms with Gasteiger partial charge < -0.3 is 9.64 Å². The van der Waals surface area contributed by atoms with Gasteiger partial charge in [-0.05, 0) is 19.2 Å². The van der Waals surface area contributed by atoms with Crippen molar-refractivity contribution >= 4 is 5.82 Å². The largest absolute Gasteiger partial charge is 0.378 e. The molecule has 18 heavy (non-hydrogen) atoms. The first-order chi connectivity index (χ1) is 8.78. The minimum absolute atomic E-state index is 0.575. The Morgan fingerprint density at radius 2 is 2.22 bits per heavy atom. The second-order valence-corrected chi connectivity index (χ2v) is 4.93. The van der Waals surface area contributed by atoms with E-state index in [0.717, 1.165) is 32.1 Å². The predicted octanol–water partition coefficient (Wildman–Crippen LogP) is 0.472. The summed E-state index contributed by atoms with van der Waals surface area (Å²) in [4.78, 5) is 8.92. The van der Waals surface area contributed by atoms with Gasteiger partial charge in [-0.1, -0.05) is 0 Å². The van der Waals surface area contributed by atoms with Crippen molar-refractivity contribution in [1.82, 2.24) is 9.88 Å². The summed E-state index contributed by atoms with van der Waals surface area (Å²) in [5.41, 5.74) is 0.671. The van der Waals surface area contributed by atoms with Crippen LogP contribution in [0.5, 0.6) is 0 Å². The molecule has 0 atom stereocenters. The van der Waals surface area contributed by atoms with Crippen LogP contribution in [0.2, 0.25) is 0 Å². The molecular weight excluding hydrogens is 228 g/mol. The van der Waals surface area contributed by atoms with Crippen molar-refractivity contribution in [3.8, 4) is 6.07 Å². The van der Waals surface area contributed by atoms with Gasteiger partial charge in [-0.15, -0.1) is 0 Å². The molecule has 94 valence electrons. The maximum atomic E-state index is 8.87. The zero-order valence-electron chi connectivity index (χ0n) is 10.4. The Balaban J connectivity index is 1.59. The highest BCUT2D eigenvalue weighted by Gasteiger charge is 2.36. The number of aromatic nitrogens is 1. The molecule has 0 saturated carbocycles. The zero-order valence-corrected chi connectivity index (χ0v) is 10.4. The smallest absolute Gasteiger partial charge is 0.129 e. The van der Waals surface area contributed by atoms with Crippen LogP contribution in [-0.2, 0) is 4.74 Å². The van der Waals surface area contributed by atoms with Crippen LogP contribution in [0.25, 0.3) is 0 Å². The Morgan fingerprint density at radius 3 is 2.83 bits per heavy atom. The van der Waals surface area contributed by atoms with E-state index < -0.39 is 0 Å².